The number of benzene rings is 1. The first-order valence-corrected chi connectivity index (χ1v) is 6.61. The number of nitrogens with zero attached hydrogens (tertiary/aromatic N) is 2. The Morgan fingerprint density at radius 1 is 1.38 bits per heavy atom. The molecular formula is C12H7Cl3F2N2O2. The molecule has 112 valence electrons. The fourth-order valence-electron chi connectivity index (χ4n) is 1.70. The summed E-state index contributed by atoms with van der Waals surface area (Å²) in [5, 5.41) is 3.30. The molecule has 21 heavy (non-hydrogen) atoms. The number of alkyl halides is 2. The van der Waals surface area contributed by atoms with E-state index in [0.717, 1.165) is 4.68 Å². The summed E-state index contributed by atoms with van der Waals surface area (Å²) in [5.74, 6) is -0.282. The molecule has 9 heteroatoms. The average molecular weight is 356 g/mol. The van der Waals surface area contributed by atoms with Crippen molar-refractivity contribution in [1.29, 1.82) is 0 Å². The molecule has 0 bridgehead atoms. The predicted octanol–water partition coefficient (Wildman–Crippen LogP) is 4.37. The molecule has 0 aliphatic rings. The van der Waals surface area contributed by atoms with Gasteiger partial charge in [0.2, 0.25) is 5.88 Å². The third-order valence-electron chi connectivity index (χ3n) is 2.59. The molecule has 0 aliphatic carbocycles. The highest BCUT2D eigenvalue weighted by Gasteiger charge is 2.21. The first-order valence-electron chi connectivity index (χ1n) is 5.48. The number of carbonyl (C=O) groups excluding carboxylic acids is 1. The summed E-state index contributed by atoms with van der Waals surface area (Å²) in [4.78, 5) is 11.3. The molecular weight excluding hydrogens is 348 g/mol. The molecule has 0 aliphatic heterocycles. The summed E-state index contributed by atoms with van der Waals surface area (Å²) < 4.78 is 30.0. The number of aromatic nitrogens is 2. The van der Waals surface area contributed by atoms with Gasteiger partial charge in [-0.1, -0.05) is 29.3 Å². The number of carbonyl (C=O) groups is 1. The van der Waals surface area contributed by atoms with E-state index in [1.165, 1.54) is 25.2 Å². The zero-order valence-electron chi connectivity index (χ0n) is 10.4. The van der Waals surface area contributed by atoms with Gasteiger partial charge in [-0.05, 0) is 23.7 Å². The van der Waals surface area contributed by atoms with Crippen LogP contribution in [0.2, 0.25) is 10.0 Å². The lowest BCUT2D eigenvalue weighted by Crippen LogP contribution is -2.06. The maximum atomic E-state index is 12.3. The SMILES string of the molecule is Cn1nc(-c2ccc(Cl)c(C(=O)Cl)c2)c(Cl)c1OC(F)F. The Labute approximate surface area is 133 Å². The Kier molecular flexibility index (Phi) is 4.70. The van der Waals surface area contributed by atoms with Gasteiger partial charge in [-0.25, -0.2) is 4.68 Å². The number of ether oxygens (including phenoxy) is 1. The van der Waals surface area contributed by atoms with Crippen LogP contribution in [0.4, 0.5) is 8.78 Å². The standard InChI is InChI=1S/C12H7Cl3F2N2O2/c1-19-11(21-12(16)17)8(14)9(18-19)5-2-3-7(13)6(4-5)10(15)20/h2-4,12H,1H3. The Morgan fingerprint density at radius 2 is 2.05 bits per heavy atom. The van der Waals surface area contributed by atoms with Crippen molar-refractivity contribution in [2.75, 3.05) is 0 Å². The molecule has 1 aromatic carbocycles. The summed E-state index contributed by atoms with van der Waals surface area (Å²) in [6.07, 6.45) is 0. The topological polar surface area (TPSA) is 44.1 Å². The second-order valence-electron chi connectivity index (χ2n) is 3.94. The highest BCUT2D eigenvalue weighted by molar-refractivity contribution is 6.68. The summed E-state index contributed by atoms with van der Waals surface area (Å²) >= 11 is 17.2. The Morgan fingerprint density at radius 3 is 2.62 bits per heavy atom. The first-order chi connectivity index (χ1) is 9.81. The molecule has 0 amide bonds. The van der Waals surface area contributed by atoms with E-state index in [0.29, 0.717) is 5.56 Å². The van der Waals surface area contributed by atoms with Crippen LogP contribution in [0.5, 0.6) is 5.88 Å². The van der Waals surface area contributed by atoms with Crippen molar-refractivity contribution in [3.63, 3.8) is 0 Å². The lowest BCUT2D eigenvalue weighted by atomic mass is 10.1. The van der Waals surface area contributed by atoms with Gasteiger partial charge in [-0.3, -0.25) is 4.79 Å². The van der Waals surface area contributed by atoms with E-state index in [9.17, 15) is 13.6 Å². The lowest BCUT2D eigenvalue weighted by molar-refractivity contribution is -0.0552. The number of aryl methyl sites for hydroxylation is 1. The summed E-state index contributed by atoms with van der Waals surface area (Å²) in [7, 11) is 1.40. The van der Waals surface area contributed by atoms with Crippen LogP contribution < -0.4 is 4.74 Å². The molecule has 0 N–H and O–H groups in total. The number of hydrogen-bond donors (Lipinski definition) is 0. The van der Waals surface area contributed by atoms with Crippen LogP contribution in [0, 0.1) is 0 Å². The second-order valence-corrected chi connectivity index (χ2v) is 5.07. The van der Waals surface area contributed by atoms with Crippen LogP contribution in [0.25, 0.3) is 11.3 Å². The Bertz CT molecular complexity index is 704. The molecule has 0 spiro atoms. The van der Waals surface area contributed by atoms with Crippen molar-refractivity contribution in [2.24, 2.45) is 7.05 Å². The maximum Gasteiger partial charge on any atom is 0.388 e. The van der Waals surface area contributed by atoms with Crippen molar-refractivity contribution in [2.45, 2.75) is 6.61 Å². The van der Waals surface area contributed by atoms with Crippen LogP contribution in [0.1, 0.15) is 10.4 Å². The minimum absolute atomic E-state index is 0.0638. The van der Waals surface area contributed by atoms with Crippen molar-refractivity contribution in [3.8, 4) is 17.1 Å². The van der Waals surface area contributed by atoms with Gasteiger partial charge in [0.15, 0.2) is 0 Å². The normalized spacial score (nSPS) is 11.0. The Balaban J connectivity index is 2.53. The van der Waals surface area contributed by atoms with E-state index in [1.54, 1.807) is 0 Å². The summed E-state index contributed by atoms with van der Waals surface area (Å²) in [6, 6.07) is 4.34. The van der Waals surface area contributed by atoms with Crippen molar-refractivity contribution < 1.29 is 18.3 Å². The number of halogens is 5. The maximum absolute atomic E-state index is 12.3. The molecule has 4 nitrogen and oxygen atoms in total. The van der Waals surface area contributed by atoms with E-state index in [4.69, 9.17) is 34.8 Å². The lowest BCUT2D eigenvalue weighted by Gasteiger charge is -2.04. The molecule has 2 aromatic rings. The molecule has 0 saturated carbocycles. The van der Waals surface area contributed by atoms with E-state index >= 15 is 0 Å². The van der Waals surface area contributed by atoms with Crippen molar-refractivity contribution in [3.05, 3.63) is 33.8 Å². The van der Waals surface area contributed by atoms with Gasteiger partial charge >= 0.3 is 6.61 Å². The molecule has 2 rings (SSSR count). The predicted molar refractivity (Wildman–Crippen MR) is 75.5 cm³/mol. The van der Waals surface area contributed by atoms with Crippen LogP contribution in [0.3, 0.4) is 0 Å². The van der Waals surface area contributed by atoms with Crippen LogP contribution >= 0.6 is 34.8 Å². The fraction of sp³-hybridized carbons (Fsp3) is 0.167. The average Bonchev–Trinajstić information content (AvgIpc) is 2.66. The largest absolute Gasteiger partial charge is 0.416 e. The van der Waals surface area contributed by atoms with Gasteiger partial charge in [-0.2, -0.15) is 13.9 Å². The van der Waals surface area contributed by atoms with Crippen molar-refractivity contribution >= 4 is 40.0 Å². The highest BCUT2D eigenvalue weighted by Crippen LogP contribution is 2.36. The minimum atomic E-state index is -3.03. The van der Waals surface area contributed by atoms with E-state index in [1.807, 2.05) is 0 Å². The zero-order valence-corrected chi connectivity index (χ0v) is 12.7. The smallest absolute Gasteiger partial charge is 0.388 e. The van der Waals surface area contributed by atoms with Gasteiger partial charge in [0.1, 0.15) is 10.7 Å². The third kappa shape index (κ3) is 3.28. The first kappa shape index (κ1) is 16.0. The molecule has 0 saturated heterocycles. The third-order valence-corrected chi connectivity index (χ3v) is 3.47. The molecule has 0 radical (unpaired) electrons. The van der Waals surface area contributed by atoms with E-state index in [2.05, 4.69) is 9.84 Å². The molecule has 0 unspecified atom stereocenters. The summed E-state index contributed by atoms with van der Waals surface area (Å²) in [6.45, 7) is -3.03. The number of rotatable bonds is 4. The van der Waals surface area contributed by atoms with Crippen LogP contribution in [-0.2, 0) is 7.05 Å². The van der Waals surface area contributed by atoms with Gasteiger partial charge in [0.05, 0.1) is 10.6 Å². The molecule has 1 heterocycles. The van der Waals surface area contributed by atoms with E-state index < -0.39 is 11.9 Å². The minimum Gasteiger partial charge on any atom is -0.416 e. The molecule has 0 atom stereocenters. The monoisotopic (exact) mass is 354 g/mol. The van der Waals surface area contributed by atoms with Gasteiger partial charge in [0.25, 0.3) is 5.24 Å². The molecule has 1 aromatic heterocycles. The summed E-state index contributed by atoms with van der Waals surface area (Å²) in [5.41, 5.74) is 0.632. The zero-order chi connectivity index (χ0) is 15.7. The van der Waals surface area contributed by atoms with Gasteiger partial charge in [0, 0.05) is 12.6 Å². The number of hydrogen-bond acceptors (Lipinski definition) is 3. The fourth-order valence-corrected chi connectivity index (χ4v) is 2.42. The highest BCUT2D eigenvalue weighted by atomic mass is 35.5. The quantitative estimate of drug-likeness (QED) is 0.765. The van der Waals surface area contributed by atoms with Crippen LogP contribution in [-0.4, -0.2) is 21.6 Å². The van der Waals surface area contributed by atoms with Gasteiger partial charge in [-0.15, -0.1) is 0 Å². The van der Waals surface area contributed by atoms with E-state index in [-0.39, 0.29) is 27.2 Å². The van der Waals surface area contributed by atoms with Crippen molar-refractivity contribution in [1.82, 2.24) is 9.78 Å². The second kappa shape index (κ2) is 6.17. The van der Waals surface area contributed by atoms with Crippen LogP contribution in [0.15, 0.2) is 18.2 Å². The van der Waals surface area contributed by atoms with Gasteiger partial charge < -0.3 is 4.74 Å². The molecule has 0 fully saturated rings. The Hall–Kier alpha value is -1.37.